The first-order valence-corrected chi connectivity index (χ1v) is 19.6. The van der Waals surface area contributed by atoms with Gasteiger partial charge in [-0.2, -0.15) is 0 Å². The van der Waals surface area contributed by atoms with E-state index in [-0.39, 0.29) is 18.0 Å². The Kier molecular flexibility index (Phi) is 12.6. The second kappa shape index (κ2) is 12.2. The van der Waals surface area contributed by atoms with Gasteiger partial charge in [-0.15, -0.1) is 0 Å². The molecule has 0 bridgehead atoms. The summed E-state index contributed by atoms with van der Waals surface area (Å²) in [5.74, 6) is -0.409. The van der Waals surface area contributed by atoms with E-state index in [1.807, 2.05) is 20.8 Å². The molecule has 0 radical (unpaired) electrons. The Hall–Kier alpha value is 0.730. The molecule has 0 fully saturated rings. The van der Waals surface area contributed by atoms with Crippen molar-refractivity contribution in [2.24, 2.45) is 0 Å². The third kappa shape index (κ3) is 10.2. The molecule has 0 aliphatic rings. The molecule has 0 spiro atoms. The van der Waals surface area contributed by atoms with Gasteiger partial charge in [0.25, 0.3) is 0 Å². The minimum atomic E-state index is -1.77. The number of ether oxygens (including phenoxy) is 2. The molecule has 0 aliphatic carbocycles. The molecule has 0 aromatic rings. The summed E-state index contributed by atoms with van der Waals surface area (Å²) in [7, 11) is 0. The van der Waals surface area contributed by atoms with E-state index in [9.17, 15) is 9.59 Å². The predicted molar refractivity (Wildman–Crippen MR) is 68.6 cm³/mol. The Morgan fingerprint density at radius 3 is 2.10 bits per heavy atom. The van der Waals surface area contributed by atoms with Crippen molar-refractivity contribution >= 4 is 11.9 Å². The van der Waals surface area contributed by atoms with Crippen LogP contribution in [0.4, 0.5) is 0 Å². The molecule has 116 valence electrons. The monoisotopic (exact) mass is 680 g/mol. The fraction of sp³-hybridized carbons (Fsp3) is 0.846. The zero-order valence-corrected chi connectivity index (χ0v) is 24.8. The summed E-state index contributed by atoms with van der Waals surface area (Å²) in [4.78, 5) is 21.9. The van der Waals surface area contributed by atoms with Gasteiger partial charge in [-0.3, -0.25) is 0 Å². The van der Waals surface area contributed by atoms with E-state index < -0.39 is 55.7 Å². The van der Waals surface area contributed by atoms with E-state index in [0.29, 0.717) is 13.2 Å². The van der Waals surface area contributed by atoms with Crippen LogP contribution in [0.25, 0.3) is 0 Å². The fourth-order valence-electron chi connectivity index (χ4n) is 2.13. The standard InChI is InChI=1S/C9H18O2.2C2H4O2.2Hg/c1-6-10-8(3)9(4,5)11-7-2;2*1-2(3)4;;/h8H,3-4,6-7H2,1-2,5H3;2*1H3,(H,3,4);;/q;;;2*+1/p-2/t8-,9-;;;;/m1..../s1. The summed E-state index contributed by atoms with van der Waals surface area (Å²) < 4.78 is 23.8. The van der Waals surface area contributed by atoms with Gasteiger partial charge in [0.15, 0.2) is 0 Å². The van der Waals surface area contributed by atoms with Gasteiger partial charge in [0.1, 0.15) is 0 Å². The number of hydrogen-bond donors (Lipinski definition) is 0. The number of hydrogen-bond acceptors (Lipinski definition) is 6. The first-order chi connectivity index (χ1) is 9.85. The Bertz CT molecular complexity index is 326. The van der Waals surface area contributed by atoms with E-state index in [0.717, 1.165) is 7.86 Å². The van der Waals surface area contributed by atoms with Gasteiger partial charge in [0, 0.05) is 0 Å². The van der Waals surface area contributed by atoms with Crippen molar-refractivity contribution in [1.29, 1.82) is 0 Å². The summed E-state index contributed by atoms with van der Waals surface area (Å²) in [6, 6.07) is 0. The third-order valence-electron chi connectivity index (χ3n) is 3.11. The van der Waals surface area contributed by atoms with Crippen molar-refractivity contribution in [2.45, 2.75) is 54.2 Å². The van der Waals surface area contributed by atoms with E-state index in [1.54, 1.807) is 0 Å². The summed E-state index contributed by atoms with van der Waals surface area (Å²) in [6.45, 7) is 9.95. The molecule has 0 rings (SSSR count). The zero-order valence-electron chi connectivity index (χ0n) is 13.8. The van der Waals surface area contributed by atoms with Gasteiger partial charge in [-0.05, 0) is 0 Å². The SMILES string of the molecule is CCO[C@H]([CH2][Hg][O]C(C)=O)[C@](C)([CH2][Hg][O]C(C)=O)OCC. The molecule has 0 saturated heterocycles. The number of carbonyl (C=O) groups is 2. The topological polar surface area (TPSA) is 71.1 Å². The van der Waals surface area contributed by atoms with Crippen LogP contribution in [0.1, 0.15) is 34.6 Å². The van der Waals surface area contributed by atoms with Crippen molar-refractivity contribution in [1.82, 2.24) is 0 Å². The molecule has 0 N–H and O–H groups in total. The van der Waals surface area contributed by atoms with Crippen LogP contribution >= 0.6 is 0 Å². The van der Waals surface area contributed by atoms with E-state index in [2.05, 4.69) is 0 Å². The van der Waals surface area contributed by atoms with Gasteiger partial charge in [-0.1, -0.05) is 0 Å². The van der Waals surface area contributed by atoms with Crippen LogP contribution in [0.3, 0.4) is 0 Å². The average molecular weight is 678 g/mol. The molecule has 0 aromatic heterocycles. The van der Waals surface area contributed by atoms with Gasteiger partial charge in [0.2, 0.25) is 0 Å². The number of rotatable bonds is 11. The zero-order chi connectivity index (χ0) is 16.3. The first kappa shape index (κ1) is 21.7. The Balaban J connectivity index is 4.67. The molecule has 0 aromatic carbocycles. The van der Waals surface area contributed by atoms with Crippen molar-refractivity contribution in [2.75, 3.05) is 13.2 Å². The summed E-state index contributed by atoms with van der Waals surface area (Å²) >= 11 is -3.51. The normalized spacial score (nSPS) is 14.3. The first-order valence-electron chi connectivity index (χ1n) is 7.38. The maximum absolute atomic E-state index is 10.9. The second-order valence-electron chi connectivity index (χ2n) is 4.91. The van der Waals surface area contributed by atoms with Crippen LogP contribution < -0.4 is 0 Å². The van der Waals surface area contributed by atoms with Crippen LogP contribution in [-0.2, 0) is 74.4 Å². The van der Waals surface area contributed by atoms with Crippen LogP contribution in [-0.4, -0.2) is 36.9 Å². The quantitative estimate of drug-likeness (QED) is 0.313. The predicted octanol–water partition coefficient (Wildman–Crippen LogP) is 2.14. The average Bonchev–Trinajstić information content (AvgIpc) is 2.37. The molecule has 0 amide bonds. The van der Waals surface area contributed by atoms with Gasteiger partial charge >= 0.3 is 154 Å². The maximum atomic E-state index is 10.9. The van der Waals surface area contributed by atoms with Crippen molar-refractivity contribution < 1.29 is 74.4 Å². The summed E-state index contributed by atoms with van der Waals surface area (Å²) in [5.41, 5.74) is -0.443. The minimum absolute atomic E-state index is 0.0842. The van der Waals surface area contributed by atoms with E-state index in [4.69, 9.17) is 14.8 Å². The van der Waals surface area contributed by atoms with Crippen molar-refractivity contribution in [3.05, 3.63) is 0 Å². The van der Waals surface area contributed by atoms with E-state index in [1.165, 1.54) is 13.8 Å². The Labute approximate surface area is 152 Å². The summed E-state index contributed by atoms with van der Waals surface area (Å²) in [5, 5.41) is 0. The summed E-state index contributed by atoms with van der Waals surface area (Å²) in [6.07, 6.45) is -0.0842. The molecule has 0 saturated carbocycles. The molecule has 0 heterocycles. The Morgan fingerprint density at radius 2 is 1.62 bits per heavy atom. The molecule has 8 heteroatoms. The molecular weight excluding hydrogens is 653 g/mol. The Morgan fingerprint density at radius 1 is 1.05 bits per heavy atom. The molecule has 6 nitrogen and oxygen atoms in total. The second-order valence-corrected chi connectivity index (χ2v) is 14.5. The number of carbonyl (C=O) groups excluding carboxylic acids is 2. The van der Waals surface area contributed by atoms with E-state index >= 15 is 0 Å². The van der Waals surface area contributed by atoms with Gasteiger partial charge < -0.3 is 0 Å². The van der Waals surface area contributed by atoms with Gasteiger partial charge in [0.05, 0.1) is 0 Å². The fourth-order valence-corrected chi connectivity index (χ4v) is 12.5. The van der Waals surface area contributed by atoms with Crippen molar-refractivity contribution in [3.8, 4) is 0 Å². The van der Waals surface area contributed by atoms with Crippen LogP contribution in [0.5, 0.6) is 0 Å². The van der Waals surface area contributed by atoms with Crippen LogP contribution in [0, 0.1) is 0 Å². The van der Waals surface area contributed by atoms with Crippen molar-refractivity contribution in [3.63, 3.8) is 0 Å². The molecular formula is C13H24Hg2O6. The third-order valence-corrected chi connectivity index (χ3v) is 15.5. The molecule has 2 atom stereocenters. The molecule has 21 heavy (non-hydrogen) atoms. The molecule has 0 aliphatic heterocycles. The molecule has 0 unspecified atom stereocenters. The van der Waals surface area contributed by atoms with Gasteiger partial charge in [-0.25, -0.2) is 0 Å². The van der Waals surface area contributed by atoms with Crippen LogP contribution in [0.2, 0.25) is 7.86 Å². The van der Waals surface area contributed by atoms with Crippen LogP contribution in [0.15, 0.2) is 0 Å².